The van der Waals surface area contributed by atoms with E-state index in [4.69, 9.17) is 0 Å². The molecule has 0 N–H and O–H groups in total. The number of hydrogen-bond acceptors (Lipinski definition) is 2. The molecule has 0 amide bonds. The van der Waals surface area contributed by atoms with Crippen molar-refractivity contribution in [2.45, 2.75) is 0 Å². The highest BCUT2D eigenvalue weighted by Crippen LogP contribution is 2.37. The van der Waals surface area contributed by atoms with Gasteiger partial charge in [0.2, 0.25) is 0 Å². The standard InChI is InChI=1S/C24H13N3/c25-14-17-7-5-8-18(15-26)23(17)27-22-11-4-3-10-20(22)21-13-12-16-6-1-2-9-19(16)24(21)27/h1-13H. The van der Waals surface area contributed by atoms with Crippen molar-refractivity contribution in [1.82, 2.24) is 4.57 Å². The van der Waals surface area contributed by atoms with Crippen molar-refractivity contribution in [3.8, 4) is 17.8 Å². The van der Waals surface area contributed by atoms with Gasteiger partial charge in [0.25, 0.3) is 0 Å². The lowest BCUT2D eigenvalue weighted by molar-refractivity contribution is 1.16. The lowest BCUT2D eigenvalue weighted by atomic mass is 10.1. The predicted octanol–water partition coefficient (Wildman–Crippen LogP) is 5.68. The van der Waals surface area contributed by atoms with E-state index >= 15 is 0 Å². The summed E-state index contributed by atoms with van der Waals surface area (Å²) < 4.78 is 2.07. The fourth-order valence-electron chi connectivity index (χ4n) is 3.93. The molecule has 0 aliphatic rings. The number of nitrogens with zero attached hydrogens (tertiary/aromatic N) is 3. The van der Waals surface area contributed by atoms with Crippen molar-refractivity contribution in [1.29, 1.82) is 10.5 Å². The van der Waals surface area contributed by atoms with E-state index in [0.717, 1.165) is 32.6 Å². The molecule has 1 heterocycles. The Kier molecular flexibility index (Phi) is 3.22. The summed E-state index contributed by atoms with van der Waals surface area (Å²) in [5.74, 6) is 0. The Balaban J connectivity index is 2.12. The molecule has 0 saturated carbocycles. The zero-order chi connectivity index (χ0) is 18.4. The van der Waals surface area contributed by atoms with E-state index in [9.17, 15) is 10.5 Å². The summed E-state index contributed by atoms with van der Waals surface area (Å²) in [6, 6.07) is 30.4. The Morgan fingerprint density at radius 3 is 2.00 bits per heavy atom. The van der Waals surface area contributed by atoms with Gasteiger partial charge >= 0.3 is 0 Å². The van der Waals surface area contributed by atoms with Gasteiger partial charge in [0, 0.05) is 16.2 Å². The van der Waals surface area contributed by atoms with E-state index < -0.39 is 0 Å². The second kappa shape index (κ2) is 5.73. The van der Waals surface area contributed by atoms with Gasteiger partial charge in [-0.15, -0.1) is 0 Å². The highest BCUT2D eigenvalue weighted by atomic mass is 15.0. The molecule has 0 unspecified atom stereocenters. The Morgan fingerprint density at radius 1 is 0.593 bits per heavy atom. The summed E-state index contributed by atoms with van der Waals surface area (Å²) in [6.07, 6.45) is 0. The smallest absolute Gasteiger partial charge is 0.101 e. The number of benzene rings is 4. The molecule has 0 atom stereocenters. The van der Waals surface area contributed by atoms with Gasteiger partial charge in [0.15, 0.2) is 0 Å². The first-order valence-electron chi connectivity index (χ1n) is 8.68. The van der Waals surface area contributed by atoms with Crippen LogP contribution in [-0.2, 0) is 0 Å². The van der Waals surface area contributed by atoms with Crippen LogP contribution >= 0.6 is 0 Å². The Hall–Kier alpha value is -4.08. The minimum Gasteiger partial charge on any atom is -0.306 e. The van der Waals surface area contributed by atoms with Gasteiger partial charge in [-0.05, 0) is 23.6 Å². The van der Waals surface area contributed by atoms with Gasteiger partial charge in [-0.3, -0.25) is 0 Å². The van der Waals surface area contributed by atoms with E-state index in [1.54, 1.807) is 18.2 Å². The van der Waals surface area contributed by atoms with E-state index in [1.807, 2.05) is 30.3 Å². The minimum absolute atomic E-state index is 0.490. The molecule has 1 aromatic heterocycles. The molecule has 124 valence electrons. The Bertz CT molecular complexity index is 1410. The first kappa shape index (κ1) is 15.2. The first-order chi connectivity index (χ1) is 13.3. The predicted molar refractivity (Wildman–Crippen MR) is 108 cm³/mol. The van der Waals surface area contributed by atoms with Crippen molar-refractivity contribution >= 4 is 32.6 Å². The number of nitriles is 2. The number of para-hydroxylation sites is 2. The number of fused-ring (bicyclic) bond motifs is 5. The summed E-state index contributed by atoms with van der Waals surface area (Å²) in [4.78, 5) is 0. The van der Waals surface area contributed by atoms with E-state index in [1.165, 1.54) is 0 Å². The molecular formula is C24H13N3. The van der Waals surface area contributed by atoms with Crippen molar-refractivity contribution in [2.75, 3.05) is 0 Å². The summed E-state index contributed by atoms with van der Waals surface area (Å²) in [6.45, 7) is 0. The SMILES string of the molecule is N#Cc1cccc(C#N)c1-n1c2ccccc2c2ccc3ccccc3c21. The topological polar surface area (TPSA) is 52.5 Å². The van der Waals surface area contributed by atoms with Crippen LogP contribution in [0.1, 0.15) is 11.1 Å². The maximum Gasteiger partial charge on any atom is 0.101 e. The molecule has 0 aliphatic carbocycles. The van der Waals surface area contributed by atoms with Gasteiger partial charge in [-0.25, -0.2) is 0 Å². The van der Waals surface area contributed by atoms with Crippen LogP contribution in [0.4, 0.5) is 0 Å². The molecule has 4 aromatic carbocycles. The van der Waals surface area contributed by atoms with Gasteiger partial charge in [-0.1, -0.05) is 60.7 Å². The van der Waals surface area contributed by atoms with Crippen molar-refractivity contribution in [3.63, 3.8) is 0 Å². The third kappa shape index (κ3) is 2.06. The second-order valence-corrected chi connectivity index (χ2v) is 6.46. The zero-order valence-electron chi connectivity index (χ0n) is 14.3. The summed E-state index contributed by atoms with van der Waals surface area (Å²) >= 11 is 0. The third-order valence-electron chi connectivity index (χ3n) is 5.06. The van der Waals surface area contributed by atoms with Crippen molar-refractivity contribution in [3.05, 3.63) is 90.0 Å². The van der Waals surface area contributed by atoms with Crippen LogP contribution in [0.15, 0.2) is 78.9 Å². The molecular weight excluding hydrogens is 330 g/mol. The van der Waals surface area contributed by atoms with Crippen LogP contribution in [-0.4, -0.2) is 4.57 Å². The summed E-state index contributed by atoms with van der Waals surface area (Å²) in [7, 11) is 0. The first-order valence-corrected chi connectivity index (χ1v) is 8.68. The average Bonchev–Trinajstić information content (AvgIpc) is 3.07. The zero-order valence-corrected chi connectivity index (χ0v) is 14.3. The lowest BCUT2D eigenvalue weighted by Gasteiger charge is -2.13. The molecule has 5 rings (SSSR count). The van der Waals surface area contributed by atoms with Gasteiger partial charge < -0.3 is 4.57 Å². The number of hydrogen-bond donors (Lipinski definition) is 0. The second-order valence-electron chi connectivity index (χ2n) is 6.46. The summed E-state index contributed by atoms with van der Waals surface area (Å²) in [5, 5.41) is 23.9. The maximum absolute atomic E-state index is 9.72. The van der Waals surface area contributed by atoms with Gasteiger partial charge in [0.05, 0.1) is 27.8 Å². The van der Waals surface area contributed by atoms with Crippen LogP contribution in [0.25, 0.3) is 38.3 Å². The fraction of sp³-hybridized carbons (Fsp3) is 0. The van der Waals surface area contributed by atoms with Crippen LogP contribution < -0.4 is 0 Å². The Labute approximate surface area is 155 Å². The monoisotopic (exact) mass is 343 g/mol. The highest BCUT2D eigenvalue weighted by Gasteiger charge is 2.19. The molecule has 27 heavy (non-hydrogen) atoms. The lowest BCUT2D eigenvalue weighted by Crippen LogP contribution is -2.01. The highest BCUT2D eigenvalue weighted by molar-refractivity contribution is 6.18. The number of rotatable bonds is 1. The van der Waals surface area contributed by atoms with Crippen LogP contribution in [0.5, 0.6) is 0 Å². The average molecular weight is 343 g/mol. The molecule has 0 aliphatic heterocycles. The van der Waals surface area contributed by atoms with Gasteiger partial charge in [0.1, 0.15) is 12.1 Å². The van der Waals surface area contributed by atoms with E-state index in [0.29, 0.717) is 16.8 Å². The van der Waals surface area contributed by atoms with E-state index in [-0.39, 0.29) is 0 Å². The molecule has 0 radical (unpaired) electrons. The largest absolute Gasteiger partial charge is 0.306 e. The minimum atomic E-state index is 0.490. The number of aromatic nitrogens is 1. The molecule has 5 aromatic rings. The molecule has 0 spiro atoms. The fourth-order valence-corrected chi connectivity index (χ4v) is 3.93. The Morgan fingerprint density at radius 2 is 1.26 bits per heavy atom. The van der Waals surface area contributed by atoms with Crippen molar-refractivity contribution in [2.24, 2.45) is 0 Å². The molecule has 3 heteroatoms. The van der Waals surface area contributed by atoms with Crippen LogP contribution in [0, 0.1) is 22.7 Å². The third-order valence-corrected chi connectivity index (χ3v) is 5.06. The summed E-state index contributed by atoms with van der Waals surface area (Å²) in [5.41, 5.74) is 3.64. The molecule has 0 saturated heterocycles. The van der Waals surface area contributed by atoms with Gasteiger partial charge in [-0.2, -0.15) is 10.5 Å². The van der Waals surface area contributed by atoms with Crippen LogP contribution in [0.3, 0.4) is 0 Å². The molecule has 0 bridgehead atoms. The van der Waals surface area contributed by atoms with Crippen LogP contribution in [0.2, 0.25) is 0 Å². The quantitative estimate of drug-likeness (QED) is 0.393. The van der Waals surface area contributed by atoms with Crippen molar-refractivity contribution < 1.29 is 0 Å². The maximum atomic E-state index is 9.72. The normalized spacial score (nSPS) is 10.9. The molecule has 0 fully saturated rings. The van der Waals surface area contributed by atoms with E-state index in [2.05, 4.69) is 47.0 Å². The molecule has 3 nitrogen and oxygen atoms in total.